The minimum Gasteiger partial charge on any atom is -0.462 e. The van der Waals surface area contributed by atoms with E-state index in [4.69, 9.17) is 9.47 Å². The first-order chi connectivity index (χ1) is 35.6. The van der Waals surface area contributed by atoms with Crippen LogP contribution in [0, 0.1) is 0 Å². The lowest BCUT2D eigenvalue weighted by Crippen LogP contribution is -2.28. The van der Waals surface area contributed by atoms with Gasteiger partial charge in [-0.25, -0.2) is 0 Å². The molecule has 0 aromatic heterocycles. The van der Waals surface area contributed by atoms with Crippen molar-refractivity contribution in [2.45, 2.75) is 328 Å². The maximum atomic E-state index is 12.3. The summed E-state index contributed by atoms with van der Waals surface area (Å²) in [6.45, 7) is 4.03. The number of rotatable bonds is 58. The van der Waals surface area contributed by atoms with Gasteiger partial charge in [0, 0.05) is 12.8 Å². The minimum absolute atomic E-state index is 0.0675. The Morgan fingerprint density at radius 1 is 0.333 bits per heavy atom. The summed E-state index contributed by atoms with van der Waals surface area (Å²) in [7, 11) is 0. The summed E-state index contributed by atoms with van der Waals surface area (Å²) in [4.78, 5) is 24.5. The van der Waals surface area contributed by atoms with Crippen molar-refractivity contribution in [1.29, 1.82) is 0 Å². The van der Waals surface area contributed by atoms with E-state index in [2.05, 4.69) is 86.8 Å². The molecule has 0 spiro atoms. The first kappa shape index (κ1) is 69.3. The van der Waals surface area contributed by atoms with Gasteiger partial charge in [0.05, 0.1) is 6.61 Å². The lowest BCUT2D eigenvalue weighted by Gasteiger charge is -2.15. The molecule has 0 heterocycles. The number of ether oxygens (including phenoxy) is 2. The standard InChI is InChI=1S/C67H120O5/c1-3-5-7-9-11-13-15-17-19-21-22-23-24-25-26-27-28-29-30-31-32-33-34-35-36-37-38-39-40-41-42-43-44-46-48-50-52-54-56-58-60-62-67(70)72-65(63-68)64-71-66(69)61-59-57-55-53-51-49-47-45-20-18-16-14-12-10-8-6-4-2/h5,7,11-14,17-20,22-23,65,68H,3-4,6,8-10,15-16,21,24-64H2,1-2H3/b7-5-,13-11-,14-12-,19-17-,20-18-,23-22-. The van der Waals surface area contributed by atoms with Gasteiger partial charge < -0.3 is 14.6 Å². The van der Waals surface area contributed by atoms with Crippen LogP contribution in [0.1, 0.15) is 322 Å². The SMILES string of the molecule is CC/C=C\C/C=C\C/C=C\C/C=C\CCCCCCCCCCCCCCCCCCCCCCCCCCCCCCC(=O)OC(CO)COC(=O)CCCCCCCCC/C=C\C/C=C\CCCCC. The lowest BCUT2D eigenvalue weighted by molar-refractivity contribution is -0.161. The molecule has 72 heavy (non-hydrogen) atoms. The van der Waals surface area contributed by atoms with Crippen LogP contribution in [0.25, 0.3) is 0 Å². The van der Waals surface area contributed by atoms with Gasteiger partial charge in [-0.15, -0.1) is 0 Å². The average molecular weight is 1010 g/mol. The first-order valence-electron chi connectivity index (χ1n) is 31.5. The van der Waals surface area contributed by atoms with Crippen LogP contribution in [-0.4, -0.2) is 36.4 Å². The number of carbonyl (C=O) groups excluding carboxylic acids is 2. The van der Waals surface area contributed by atoms with E-state index in [-0.39, 0.29) is 25.2 Å². The summed E-state index contributed by atoms with van der Waals surface area (Å²) < 4.78 is 10.7. The Bertz CT molecular complexity index is 1270. The summed E-state index contributed by atoms with van der Waals surface area (Å²) in [6.07, 6.45) is 86.4. The Kier molecular flexibility index (Phi) is 60.3. The molecule has 0 rings (SSSR count). The smallest absolute Gasteiger partial charge is 0.306 e. The van der Waals surface area contributed by atoms with Crippen molar-refractivity contribution in [3.8, 4) is 0 Å². The van der Waals surface area contributed by atoms with E-state index in [1.807, 2.05) is 0 Å². The zero-order valence-electron chi connectivity index (χ0n) is 47.9. The normalized spacial score (nSPS) is 12.7. The number of allylic oxidation sites excluding steroid dienone is 12. The van der Waals surface area contributed by atoms with Gasteiger partial charge in [-0.05, 0) is 83.5 Å². The maximum absolute atomic E-state index is 12.3. The van der Waals surface area contributed by atoms with Crippen molar-refractivity contribution in [2.75, 3.05) is 13.2 Å². The van der Waals surface area contributed by atoms with Crippen molar-refractivity contribution in [3.05, 3.63) is 72.9 Å². The Morgan fingerprint density at radius 3 is 0.903 bits per heavy atom. The molecule has 0 saturated carbocycles. The molecule has 5 nitrogen and oxygen atoms in total. The summed E-state index contributed by atoms with van der Waals surface area (Å²) >= 11 is 0. The summed E-state index contributed by atoms with van der Waals surface area (Å²) in [5, 5.41) is 9.65. The molecular weight excluding hydrogens is 885 g/mol. The van der Waals surface area contributed by atoms with Crippen molar-refractivity contribution in [1.82, 2.24) is 0 Å². The van der Waals surface area contributed by atoms with Gasteiger partial charge in [-0.1, -0.05) is 299 Å². The van der Waals surface area contributed by atoms with Gasteiger partial charge in [0.2, 0.25) is 0 Å². The van der Waals surface area contributed by atoms with Crippen LogP contribution in [0.3, 0.4) is 0 Å². The Balaban J connectivity index is 3.38. The number of hydrogen-bond donors (Lipinski definition) is 1. The van der Waals surface area contributed by atoms with Gasteiger partial charge in [0.15, 0.2) is 6.10 Å². The van der Waals surface area contributed by atoms with E-state index in [0.717, 1.165) is 77.0 Å². The van der Waals surface area contributed by atoms with Crippen LogP contribution in [0.4, 0.5) is 0 Å². The Hall–Kier alpha value is -2.66. The predicted molar refractivity (Wildman–Crippen MR) is 316 cm³/mol. The fourth-order valence-corrected chi connectivity index (χ4v) is 9.29. The molecule has 0 fully saturated rings. The molecule has 0 aromatic carbocycles. The van der Waals surface area contributed by atoms with Crippen LogP contribution >= 0.6 is 0 Å². The molecule has 0 saturated heterocycles. The van der Waals surface area contributed by atoms with E-state index >= 15 is 0 Å². The van der Waals surface area contributed by atoms with Gasteiger partial charge in [-0.3, -0.25) is 9.59 Å². The highest BCUT2D eigenvalue weighted by atomic mass is 16.6. The highest BCUT2D eigenvalue weighted by Crippen LogP contribution is 2.18. The molecule has 418 valence electrons. The average Bonchev–Trinajstić information content (AvgIpc) is 3.38. The molecule has 0 aromatic rings. The Morgan fingerprint density at radius 2 is 0.597 bits per heavy atom. The molecule has 0 amide bonds. The molecule has 1 atom stereocenters. The summed E-state index contributed by atoms with van der Waals surface area (Å²) in [5.41, 5.74) is 0. The van der Waals surface area contributed by atoms with Crippen LogP contribution < -0.4 is 0 Å². The second kappa shape index (κ2) is 62.6. The fraction of sp³-hybridized carbons (Fsp3) is 0.791. The molecule has 5 heteroatoms. The molecular formula is C67H120O5. The number of esters is 2. The maximum Gasteiger partial charge on any atom is 0.306 e. The van der Waals surface area contributed by atoms with E-state index in [9.17, 15) is 14.7 Å². The van der Waals surface area contributed by atoms with E-state index in [0.29, 0.717) is 12.8 Å². The highest BCUT2D eigenvalue weighted by Gasteiger charge is 2.16. The van der Waals surface area contributed by atoms with Gasteiger partial charge in [0.1, 0.15) is 6.61 Å². The minimum atomic E-state index is -0.775. The van der Waals surface area contributed by atoms with Gasteiger partial charge in [-0.2, -0.15) is 0 Å². The highest BCUT2D eigenvalue weighted by molar-refractivity contribution is 5.70. The van der Waals surface area contributed by atoms with E-state index in [1.54, 1.807) is 0 Å². The molecule has 0 aliphatic carbocycles. The molecule has 0 bridgehead atoms. The molecule has 0 aliphatic heterocycles. The number of carbonyl (C=O) groups is 2. The zero-order valence-corrected chi connectivity index (χ0v) is 47.9. The summed E-state index contributed by atoms with van der Waals surface area (Å²) in [5.74, 6) is -0.586. The van der Waals surface area contributed by atoms with Crippen LogP contribution in [0.5, 0.6) is 0 Å². The quantitative estimate of drug-likeness (QED) is 0.0373. The van der Waals surface area contributed by atoms with E-state index in [1.165, 1.54) is 218 Å². The topological polar surface area (TPSA) is 72.8 Å². The largest absolute Gasteiger partial charge is 0.462 e. The van der Waals surface area contributed by atoms with Crippen molar-refractivity contribution < 1.29 is 24.2 Å². The Labute approximate surface area is 448 Å². The van der Waals surface area contributed by atoms with Crippen LogP contribution in [0.2, 0.25) is 0 Å². The zero-order chi connectivity index (χ0) is 52.0. The number of aliphatic hydroxyl groups excluding tert-OH is 1. The van der Waals surface area contributed by atoms with Crippen LogP contribution in [-0.2, 0) is 19.1 Å². The predicted octanol–water partition coefficient (Wildman–Crippen LogP) is 21.5. The van der Waals surface area contributed by atoms with Gasteiger partial charge in [0.25, 0.3) is 0 Å². The first-order valence-corrected chi connectivity index (χ1v) is 31.5. The van der Waals surface area contributed by atoms with Crippen LogP contribution in [0.15, 0.2) is 72.9 Å². The van der Waals surface area contributed by atoms with Crippen molar-refractivity contribution in [3.63, 3.8) is 0 Å². The number of hydrogen-bond acceptors (Lipinski definition) is 5. The molecule has 0 radical (unpaired) electrons. The molecule has 1 N–H and O–H groups in total. The summed E-state index contributed by atoms with van der Waals surface area (Å²) in [6, 6.07) is 0. The third-order valence-corrected chi connectivity index (χ3v) is 14.0. The fourth-order valence-electron chi connectivity index (χ4n) is 9.29. The third-order valence-electron chi connectivity index (χ3n) is 14.0. The number of unbranched alkanes of at least 4 members (excludes halogenated alkanes) is 38. The van der Waals surface area contributed by atoms with Crippen molar-refractivity contribution in [2.24, 2.45) is 0 Å². The number of aliphatic hydroxyl groups is 1. The molecule has 1 unspecified atom stereocenters. The molecule has 0 aliphatic rings. The van der Waals surface area contributed by atoms with Crippen molar-refractivity contribution >= 4 is 11.9 Å². The lowest BCUT2D eigenvalue weighted by atomic mass is 10.0. The van der Waals surface area contributed by atoms with E-state index < -0.39 is 6.10 Å². The second-order valence-electron chi connectivity index (χ2n) is 21.1. The second-order valence-corrected chi connectivity index (χ2v) is 21.1. The third kappa shape index (κ3) is 59.9. The monoisotopic (exact) mass is 1000 g/mol. The van der Waals surface area contributed by atoms with Gasteiger partial charge >= 0.3 is 11.9 Å².